The molecule has 216 valence electrons. The number of aromatic amines is 1. The molecule has 1 aliphatic rings. The molecule has 2 heterocycles. The normalized spacial score (nSPS) is 16.1. The van der Waals surface area contributed by atoms with Crippen molar-refractivity contribution in [3.63, 3.8) is 0 Å². The van der Waals surface area contributed by atoms with Crippen molar-refractivity contribution in [1.29, 1.82) is 5.41 Å². The summed E-state index contributed by atoms with van der Waals surface area (Å²) < 4.78 is 29.6. The largest absolute Gasteiger partial charge is 0.370 e. The van der Waals surface area contributed by atoms with E-state index in [0.717, 1.165) is 47.0 Å². The number of nitrogens with one attached hydrogen (secondary N) is 4. The molecular weight excluding hydrogens is 560 g/mol. The number of aromatic nitrogens is 1. The molecule has 1 aromatic heterocycles. The molecule has 0 radical (unpaired) electrons. The van der Waals surface area contributed by atoms with Crippen LogP contribution in [-0.4, -0.2) is 55.8 Å². The number of halogens is 1. The van der Waals surface area contributed by atoms with Crippen molar-refractivity contribution >= 4 is 45.2 Å². The lowest BCUT2D eigenvalue weighted by atomic mass is 9.98. The van der Waals surface area contributed by atoms with Crippen LogP contribution in [-0.2, 0) is 21.2 Å². The second-order valence-corrected chi connectivity index (χ2v) is 11.9. The van der Waals surface area contributed by atoms with Gasteiger partial charge in [0, 0.05) is 36.7 Å². The molecule has 5 rings (SSSR count). The van der Waals surface area contributed by atoms with E-state index in [9.17, 15) is 13.2 Å². The van der Waals surface area contributed by atoms with Gasteiger partial charge < -0.3 is 20.9 Å². The minimum Gasteiger partial charge on any atom is -0.370 e. The highest BCUT2D eigenvalue weighted by Gasteiger charge is 2.28. The fourth-order valence-electron chi connectivity index (χ4n) is 5.24. The maximum absolute atomic E-state index is 13.5. The van der Waals surface area contributed by atoms with E-state index in [2.05, 4.69) is 15.0 Å². The number of rotatable bonds is 9. The molecule has 41 heavy (non-hydrogen) atoms. The van der Waals surface area contributed by atoms with Crippen LogP contribution < -0.4 is 15.8 Å². The van der Waals surface area contributed by atoms with Gasteiger partial charge in [-0.05, 0) is 60.1 Å². The van der Waals surface area contributed by atoms with Gasteiger partial charge in [0.2, 0.25) is 15.9 Å². The number of likely N-dealkylation sites (tertiary alicyclic amines) is 1. The Labute approximate surface area is 246 Å². The monoisotopic (exact) mass is 594 g/mol. The van der Waals surface area contributed by atoms with Crippen LogP contribution in [0.5, 0.6) is 0 Å². The lowest BCUT2D eigenvalue weighted by molar-refractivity contribution is -0.122. The van der Waals surface area contributed by atoms with E-state index in [-0.39, 0.29) is 35.6 Å². The van der Waals surface area contributed by atoms with E-state index in [4.69, 9.17) is 11.1 Å². The fourth-order valence-corrected chi connectivity index (χ4v) is 6.43. The van der Waals surface area contributed by atoms with E-state index in [0.29, 0.717) is 13.1 Å². The molecule has 0 saturated carbocycles. The number of H-pyrrole nitrogens is 1. The van der Waals surface area contributed by atoms with Gasteiger partial charge >= 0.3 is 0 Å². The molecule has 1 aliphatic heterocycles. The highest BCUT2D eigenvalue weighted by atomic mass is 35.5. The average molecular weight is 595 g/mol. The number of nitrogens with zero attached hydrogens (tertiary/aromatic N) is 1. The topological polar surface area (TPSA) is 144 Å². The highest BCUT2D eigenvalue weighted by molar-refractivity contribution is 7.89. The van der Waals surface area contributed by atoms with Gasteiger partial charge in [0.25, 0.3) is 0 Å². The molecule has 3 aromatic carbocycles. The van der Waals surface area contributed by atoms with Crippen LogP contribution in [0.1, 0.15) is 18.4 Å². The maximum atomic E-state index is 13.5. The standard InChI is InChI=1S/C30H34N6O3S.ClH/c31-30(32)36-16-6-7-21(20-36)18-34-29(37)28(17-24-19-33-27-11-5-4-10-26(24)27)35-40(38,39)25-14-12-23(13-15-25)22-8-2-1-3-9-22;/h1-5,8-15,19,21,28,33,35H,6-7,16-18,20H2,(H3,31,32)(H,34,37);1H. The first kappa shape index (κ1) is 30.1. The number of guanidine groups is 1. The number of carbonyl (C=O) groups excluding carboxylic acids is 1. The SMILES string of the molecule is Cl.N=C(N)N1CCCC(CNC(=O)C(Cc2c[nH]c3ccccc23)NS(=O)(=O)c2ccc(-c3ccccc3)cc2)C1. The van der Waals surface area contributed by atoms with Crippen molar-refractivity contribution < 1.29 is 13.2 Å². The van der Waals surface area contributed by atoms with Crippen LogP contribution in [0.25, 0.3) is 22.0 Å². The van der Waals surface area contributed by atoms with Crippen LogP contribution in [0.3, 0.4) is 0 Å². The number of carbonyl (C=O) groups is 1. The van der Waals surface area contributed by atoms with E-state index in [1.165, 1.54) is 0 Å². The predicted octanol–water partition coefficient (Wildman–Crippen LogP) is 3.87. The van der Waals surface area contributed by atoms with Crippen molar-refractivity contribution in [2.45, 2.75) is 30.2 Å². The molecule has 1 saturated heterocycles. The summed E-state index contributed by atoms with van der Waals surface area (Å²) >= 11 is 0. The van der Waals surface area contributed by atoms with Crippen molar-refractivity contribution in [3.05, 3.63) is 90.6 Å². The minimum atomic E-state index is -4.00. The predicted molar refractivity (Wildman–Crippen MR) is 164 cm³/mol. The highest BCUT2D eigenvalue weighted by Crippen LogP contribution is 2.23. The lowest BCUT2D eigenvalue weighted by Crippen LogP contribution is -2.51. The van der Waals surface area contributed by atoms with Gasteiger partial charge in [-0.3, -0.25) is 10.2 Å². The molecular formula is C30H35ClN6O3S. The van der Waals surface area contributed by atoms with Crippen LogP contribution in [0.2, 0.25) is 0 Å². The van der Waals surface area contributed by atoms with E-state index >= 15 is 0 Å². The van der Waals surface area contributed by atoms with Gasteiger partial charge in [-0.15, -0.1) is 12.4 Å². The third-order valence-corrected chi connectivity index (χ3v) is 8.90. The summed E-state index contributed by atoms with van der Waals surface area (Å²) in [6.45, 7) is 1.69. The Bertz CT molecular complexity index is 1590. The molecule has 11 heteroatoms. The molecule has 0 bridgehead atoms. The number of nitrogens with two attached hydrogens (primary N) is 1. The zero-order valence-corrected chi connectivity index (χ0v) is 24.2. The number of benzene rings is 3. The Hall–Kier alpha value is -3.86. The van der Waals surface area contributed by atoms with Crippen molar-refractivity contribution in [2.24, 2.45) is 11.7 Å². The summed E-state index contributed by atoms with van der Waals surface area (Å²) in [6.07, 6.45) is 3.78. The molecule has 1 fully saturated rings. The van der Waals surface area contributed by atoms with E-state index in [1.807, 2.05) is 60.8 Å². The first-order valence-corrected chi connectivity index (χ1v) is 14.9. The van der Waals surface area contributed by atoms with Crippen molar-refractivity contribution in [2.75, 3.05) is 19.6 Å². The van der Waals surface area contributed by atoms with Crippen molar-refractivity contribution in [1.82, 2.24) is 19.9 Å². The number of amides is 1. The Balaban J connectivity index is 0.00000387. The van der Waals surface area contributed by atoms with Gasteiger partial charge in [0.05, 0.1) is 4.90 Å². The second-order valence-electron chi connectivity index (χ2n) is 10.2. The molecule has 2 atom stereocenters. The zero-order valence-electron chi connectivity index (χ0n) is 22.5. The summed E-state index contributed by atoms with van der Waals surface area (Å²) in [5, 5.41) is 11.6. The van der Waals surface area contributed by atoms with Gasteiger partial charge in [-0.1, -0.05) is 60.7 Å². The number of piperidine rings is 1. The minimum absolute atomic E-state index is 0. The first-order valence-electron chi connectivity index (χ1n) is 13.4. The van der Waals surface area contributed by atoms with Gasteiger partial charge in [-0.25, -0.2) is 8.42 Å². The first-order chi connectivity index (χ1) is 19.3. The summed E-state index contributed by atoms with van der Waals surface area (Å²) in [4.78, 5) is 18.6. The Morgan fingerprint density at radius 2 is 1.71 bits per heavy atom. The molecule has 2 unspecified atom stereocenters. The second kappa shape index (κ2) is 13.2. The number of fused-ring (bicyclic) bond motifs is 1. The average Bonchev–Trinajstić information content (AvgIpc) is 3.39. The smallest absolute Gasteiger partial charge is 0.241 e. The number of para-hydroxylation sites is 1. The molecule has 1 amide bonds. The van der Waals surface area contributed by atoms with Crippen LogP contribution in [0.15, 0.2) is 90.0 Å². The maximum Gasteiger partial charge on any atom is 0.241 e. The lowest BCUT2D eigenvalue weighted by Gasteiger charge is -2.33. The van der Waals surface area contributed by atoms with Crippen LogP contribution >= 0.6 is 12.4 Å². The number of sulfonamides is 1. The third-order valence-electron chi connectivity index (χ3n) is 7.41. The molecule has 6 N–H and O–H groups in total. The zero-order chi connectivity index (χ0) is 28.1. The van der Waals surface area contributed by atoms with Crippen LogP contribution in [0.4, 0.5) is 0 Å². The molecule has 0 aliphatic carbocycles. The third kappa shape index (κ3) is 7.27. The summed E-state index contributed by atoms with van der Waals surface area (Å²) in [5.74, 6) is -0.244. The molecule has 9 nitrogen and oxygen atoms in total. The molecule has 4 aromatic rings. The van der Waals surface area contributed by atoms with E-state index < -0.39 is 22.0 Å². The van der Waals surface area contributed by atoms with Gasteiger partial charge in [0.1, 0.15) is 6.04 Å². The van der Waals surface area contributed by atoms with Gasteiger partial charge in [0.15, 0.2) is 5.96 Å². The van der Waals surface area contributed by atoms with Gasteiger partial charge in [-0.2, -0.15) is 4.72 Å². The number of hydrogen-bond donors (Lipinski definition) is 5. The Morgan fingerprint density at radius 3 is 2.44 bits per heavy atom. The van der Waals surface area contributed by atoms with E-state index in [1.54, 1.807) is 29.2 Å². The summed E-state index contributed by atoms with van der Waals surface area (Å²) in [6, 6.07) is 23.1. The number of hydrogen-bond acceptors (Lipinski definition) is 4. The quantitative estimate of drug-likeness (QED) is 0.148. The summed E-state index contributed by atoms with van der Waals surface area (Å²) in [7, 11) is -4.00. The summed E-state index contributed by atoms with van der Waals surface area (Å²) in [5.41, 5.74) is 9.32. The Kier molecular flexibility index (Phi) is 9.69. The van der Waals surface area contributed by atoms with Crippen molar-refractivity contribution in [3.8, 4) is 11.1 Å². The van der Waals surface area contributed by atoms with Crippen LogP contribution in [0, 0.1) is 11.3 Å². The fraction of sp³-hybridized carbons (Fsp3) is 0.267. The molecule has 0 spiro atoms. The Morgan fingerprint density at radius 1 is 1.02 bits per heavy atom.